The van der Waals surface area contributed by atoms with E-state index >= 15 is 0 Å². The lowest BCUT2D eigenvalue weighted by Gasteiger charge is -2.20. The molecule has 160 valence electrons. The van der Waals surface area contributed by atoms with Crippen LogP contribution in [0.2, 0.25) is 0 Å². The number of anilines is 2. The van der Waals surface area contributed by atoms with Gasteiger partial charge in [-0.2, -0.15) is 0 Å². The predicted octanol–water partition coefficient (Wildman–Crippen LogP) is 3.60. The lowest BCUT2D eigenvalue weighted by atomic mass is 10.0. The van der Waals surface area contributed by atoms with Crippen molar-refractivity contribution >= 4 is 23.2 Å². The van der Waals surface area contributed by atoms with E-state index < -0.39 is 0 Å². The van der Waals surface area contributed by atoms with Gasteiger partial charge in [-0.1, -0.05) is 24.3 Å². The monoisotopic (exact) mass is 408 g/mol. The molecule has 0 atom stereocenters. The predicted molar refractivity (Wildman–Crippen MR) is 122 cm³/mol. The maximum atomic E-state index is 12.3. The highest BCUT2D eigenvalue weighted by Crippen LogP contribution is 2.23. The van der Waals surface area contributed by atoms with Gasteiger partial charge >= 0.3 is 0 Å². The van der Waals surface area contributed by atoms with E-state index in [1.54, 1.807) is 6.92 Å². The summed E-state index contributed by atoms with van der Waals surface area (Å²) in [5.41, 5.74) is 9.53. The van der Waals surface area contributed by atoms with Crippen LogP contribution >= 0.6 is 0 Å². The SMILES string of the molecule is CC(=O)N1CCCN(CCCCC(=O)Nc2ccc(-c3cccc(N)c3)cc2)CC1. The number of unbranched alkanes of at least 4 members (excludes halogenated alkanes) is 1. The van der Waals surface area contributed by atoms with Crippen molar-refractivity contribution in [2.24, 2.45) is 0 Å². The molecule has 1 fully saturated rings. The number of nitrogens with two attached hydrogens (primary N) is 1. The van der Waals surface area contributed by atoms with E-state index in [1.165, 1.54) is 0 Å². The van der Waals surface area contributed by atoms with E-state index in [0.29, 0.717) is 6.42 Å². The molecule has 1 heterocycles. The molecule has 1 aliphatic rings. The van der Waals surface area contributed by atoms with Crippen LogP contribution in [0.25, 0.3) is 11.1 Å². The Kier molecular flexibility index (Phi) is 7.85. The first kappa shape index (κ1) is 21.8. The molecule has 0 spiro atoms. The number of hydrogen-bond donors (Lipinski definition) is 2. The van der Waals surface area contributed by atoms with E-state index in [0.717, 1.165) is 74.5 Å². The first-order valence-electron chi connectivity index (χ1n) is 10.7. The van der Waals surface area contributed by atoms with Crippen molar-refractivity contribution in [3.63, 3.8) is 0 Å². The normalized spacial score (nSPS) is 14.9. The van der Waals surface area contributed by atoms with E-state index in [1.807, 2.05) is 53.4 Å². The molecular formula is C24H32N4O2. The molecule has 1 aliphatic heterocycles. The smallest absolute Gasteiger partial charge is 0.224 e. The second-order valence-electron chi connectivity index (χ2n) is 7.91. The Hall–Kier alpha value is -2.86. The zero-order chi connectivity index (χ0) is 21.3. The van der Waals surface area contributed by atoms with Gasteiger partial charge < -0.3 is 20.9 Å². The van der Waals surface area contributed by atoms with Gasteiger partial charge in [0, 0.05) is 44.4 Å². The van der Waals surface area contributed by atoms with Crippen molar-refractivity contribution in [3.05, 3.63) is 48.5 Å². The summed E-state index contributed by atoms with van der Waals surface area (Å²) in [6, 6.07) is 15.6. The van der Waals surface area contributed by atoms with E-state index in [9.17, 15) is 9.59 Å². The van der Waals surface area contributed by atoms with Gasteiger partial charge in [0.05, 0.1) is 0 Å². The van der Waals surface area contributed by atoms with Gasteiger partial charge in [-0.15, -0.1) is 0 Å². The van der Waals surface area contributed by atoms with Crippen LogP contribution in [0.5, 0.6) is 0 Å². The van der Waals surface area contributed by atoms with Gasteiger partial charge in [0.15, 0.2) is 0 Å². The number of carbonyl (C=O) groups excluding carboxylic acids is 2. The standard InChI is InChI=1S/C24H32N4O2/c1-19(29)28-15-5-14-27(16-17-28)13-3-2-8-24(30)26-23-11-9-20(10-12-23)21-6-4-7-22(25)18-21/h4,6-7,9-12,18H,2-3,5,8,13-17,25H2,1H3,(H,26,30). The third-order valence-corrected chi connectivity index (χ3v) is 5.55. The molecule has 0 aliphatic carbocycles. The Labute approximate surface area is 179 Å². The fraction of sp³-hybridized carbons (Fsp3) is 0.417. The lowest BCUT2D eigenvalue weighted by molar-refractivity contribution is -0.128. The summed E-state index contributed by atoms with van der Waals surface area (Å²) < 4.78 is 0. The summed E-state index contributed by atoms with van der Waals surface area (Å²) in [4.78, 5) is 28.1. The molecule has 6 heteroatoms. The van der Waals surface area contributed by atoms with Gasteiger partial charge in [-0.25, -0.2) is 0 Å². The van der Waals surface area contributed by atoms with Crippen LogP contribution in [0.3, 0.4) is 0 Å². The summed E-state index contributed by atoms with van der Waals surface area (Å²) in [6.45, 7) is 6.22. The molecular weight excluding hydrogens is 376 g/mol. The third kappa shape index (κ3) is 6.59. The van der Waals surface area contributed by atoms with Crippen molar-refractivity contribution in [1.82, 2.24) is 9.80 Å². The van der Waals surface area contributed by atoms with Crippen LogP contribution in [0.1, 0.15) is 32.6 Å². The van der Waals surface area contributed by atoms with Crippen LogP contribution in [0.15, 0.2) is 48.5 Å². The maximum Gasteiger partial charge on any atom is 0.224 e. The average molecular weight is 409 g/mol. The number of amides is 2. The minimum Gasteiger partial charge on any atom is -0.399 e. The fourth-order valence-electron chi connectivity index (χ4n) is 3.82. The molecule has 3 rings (SSSR count). The number of nitrogen functional groups attached to an aromatic ring is 1. The van der Waals surface area contributed by atoms with Crippen molar-refractivity contribution in [3.8, 4) is 11.1 Å². The zero-order valence-electron chi connectivity index (χ0n) is 17.8. The highest BCUT2D eigenvalue weighted by molar-refractivity contribution is 5.91. The van der Waals surface area contributed by atoms with Gasteiger partial charge in [0.1, 0.15) is 0 Å². The molecule has 30 heavy (non-hydrogen) atoms. The summed E-state index contributed by atoms with van der Waals surface area (Å²) in [5.74, 6) is 0.208. The molecule has 3 N–H and O–H groups in total. The first-order valence-corrected chi connectivity index (χ1v) is 10.7. The zero-order valence-corrected chi connectivity index (χ0v) is 17.8. The van der Waals surface area contributed by atoms with Crippen molar-refractivity contribution in [1.29, 1.82) is 0 Å². The molecule has 0 bridgehead atoms. The molecule has 0 unspecified atom stereocenters. The number of benzene rings is 2. The number of hydrogen-bond acceptors (Lipinski definition) is 4. The van der Waals surface area contributed by atoms with Crippen LogP contribution in [-0.4, -0.2) is 54.3 Å². The van der Waals surface area contributed by atoms with Gasteiger partial charge in [0.25, 0.3) is 0 Å². The summed E-state index contributed by atoms with van der Waals surface area (Å²) in [5, 5.41) is 2.98. The molecule has 2 aromatic carbocycles. The maximum absolute atomic E-state index is 12.3. The molecule has 1 saturated heterocycles. The largest absolute Gasteiger partial charge is 0.399 e. The van der Waals surface area contributed by atoms with Gasteiger partial charge in [0.2, 0.25) is 11.8 Å². The molecule has 2 amide bonds. The lowest BCUT2D eigenvalue weighted by Crippen LogP contribution is -2.34. The third-order valence-electron chi connectivity index (χ3n) is 5.55. The first-order chi connectivity index (χ1) is 14.5. The highest BCUT2D eigenvalue weighted by Gasteiger charge is 2.16. The number of rotatable bonds is 7. The van der Waals surface area contributed by atoms with Crippen LogP contribution in [0.4, 0.5) is 11.4 Å². The molecule has 0 saturated carbocycles. The van der Waals surface area contributed by atoms with Crippen molar-refractivity contribution in [2.45, 2.75) is 32.6 Å². The fourth-order valence-corrected chi connectivity index (χ4v) is 3.82. The molecule has 0 radical (unpaired) electrons. The molecule has 2 aromatic rings. The average Bonchev–Trinajstić information content (AvgIpc) is 2.98. The topological polar surface area (TPSA) is 78.7 Å². The number of nitrogens with zero attached hydrogens (tertiary/aromatic N) is 2. The van der Waals surface area contributed by atoms with E-state index in [2.05, 4.69) is 10.2 Å². The number of nitrogens with one attached hydrogen (secondary N) is 1. The second kappa shape index (κ2) is 10.8. The summed E-state index contributed by atoms with van der Waals surface area (Å²) >= 11 is 0. The van der Waals surface area contributed by atoms with Gasteiger partial charge in [-0.3, -0.25) is 9.59 Å². The Morgan fingerprint density at radius 1 is 0.967 bits per heavy atom. The van der Waals surface area contributed by atoms with Crippen LogP contribution in [0, 0.1) is 0 Å². The number of carbonyl (C=O) groups is 2. The summed E-state index contributed by atoms with van der Waals surface area (Å²) in [7, 11) is 0. The van der Waals surface area contributed by atoms with Crippen LogP contribution in [-0.2, 0) is 9.59 Å². The van der Waals surface area contributed by atoms with Crippen molar-refractivity contribution in [2.75, 3.05) is 43.8 Å². The molecule has 6 nitrogen and oxygen atoms in total. The van der Waals surface area contributed by atoms with Crippen LogP contribution < -0.4 is 11.1 Å². The quantitative estimate of drug-likeness (QED) is 0.542. The molecule has 0 aromatic heterocycles. The van der Waals surface area contributed by atoms with Crippen molar-refractivity contribution < 1.29 is 9.59 Å². The minimum atomic E-state index is 0.0466. The highest BCUT2D eigenvalue weighted by atomic mass is 16.2. The van der Waals surface area contributed by atoms with E-state index in [-0.39, 0.29) is 11.8 Å². The summed E-state index contributed by atoms with van der Waals surface area (Å²) in [6.07, 6.45) is 3.39. The van der Waals surface area contributed by atoms with Gasteiger partial charge in [-0.05, 0) is 67.7 Å². The minimum absolute atomic E-state index is 0.0466. The Morgan fingerprint density at radius 3 is 2.50 bits per heavy atom. The Bertz CT molecular complexity index is 851. The van der Waals surface area contributed by atoms with E-state index in [4.69, 9.17) is 5.73 Å². The second-order valence-corrected chi connectivity index (χ2v) is 7.91. The Morgan fingerprint density at radius 2 is 1.77 bits per heavy atom. The Balaban J connectivity index is 1.37.